The summed E-state index contributed by atoms with van der Waals surface area (Å²) < 4.78 is 2.09. The summed E-state index contributed by atoms with van der Waals surface area (Å²) in [6.07, 6.45) is 8.29. The third-order valence-electron chi connectivity index (χ3n) is 6.44. The van der Waals surface area contributed by atoms with Crippen LogP contribution < -0.4 is 10.2 Å². The zero-order valence-corrected chi connectivity index (χ0v) is 19.5. The fourth-order valence-corrected chi connectivity index (χ4v) is 4.53. The topological polar surface area (TPSA) is 48.7 Å². The van der Waals surface area contributed by atoms with E-state index in [1.54, 1.807) is 0 Å². The second-order valence-corrected chi connectivity index (χ2v) is 8.84. The molecule has 5 rings (SSSR count). The summed E-state index contributed by atoms with van der Waals surface area (Å²) >= 11 is 0. The van der Waals surface area contributed by atoms with Crippen LogP contribution in [0.25, 0.3) is 16.9 Å². The highest BCUT2D eigenvalue weighted by atomic mass is 15.3. The molecule has 0 atom stereocenters. The Morgan fingerprint density at radius 3 is 2.55 bits per heavy atom. The maximum absolute atomic E-state index is 4.72. The molecule has 170 valence electrons. The van der Waals surface area contributed by atoms with Gasteiger partial charge in [0, 0.05) is 55.5 Å². The molecule has 0 radical (unpaired) electrons. The zero-order valence-electron chi connectivity index (χ0n) is 19.5. The molecule has 0 spiro atoms. The van der Waals surface area contributed by atoms with Gasteiger partial charge in [0.2, 0.25) is 0 Å². The Morgan fingerprint density at radius 2 is 1.79 bits per heavy atom. The standard InChI is InChI=1S/C27H32N6/c1-3-4-13-31-15-17-32(18-16-31)24-10-8-23(9-11-24)30-26-27-28-12-14-33(27)25(20-29-26)22-7-5-6-21(2)19-22/h5-12,14,19-20H,3-4,13,15-18H2,1-2H3,(H,29,30). The van der Waals surface area contributed by atoms with E-state index in [1.807, 2.05) is 18.6 Å². The first kappa shape index (κ1) is 21.5. The minimum Gasteiger partial charge on any atom is -0.369 e. The molecule has 0 amide bonds. The number of aryl methyl sites for hydroxylation is 1. The lowest BCUT2D eigenvalue weighted by Gasteiger charge is -2.36. The van der Waals surface area contributed by atoms with Crippen molar-refractivity contribution >= 4 is 22.8 Å². The van der Waals surface area contributed by atoms with Gasteiger partial charge in [0.05, 0.1) is 11.9 Å². The number of piperazine rings is 1. The number of imidazole rings is 1. The van der Waals surface area contributed by atoms with E-state index < -0.39 is 0 Å². The van der Waals surface area contributed by atoms with Crippen molar-refractivity contribution < 1.29 is 0 Å². The van der Waals surface area contributed by atoms with E-state index in [9.17, 15) is 0 Å². The largest absolute Gasteiger partial charge is 0.369 e. The lowest BCUT2D eigenvalue weighted by Crippen LogP contribution is -2.46. The Kier molecular flexibility index (Phi) is 6.26. The number of nitrogens with zero attached hydrogens (tertiary/aromatic N) is 5. The summed E-state index contributed by atoms with van der Waals surface area (Å²) in [6.45, 7) is 10.1. The number of anilines is 3. The summed E-state index contributed by atoms with van der Waals surface area (Å²) in [5.41, 5.74) is 6.51. The Hall–Kier alpha value is -3.38. The molecule has 6 heteroatoms. The molecule has 1 saturated heterocycles. The van der Waals surface area contributed by atoms with Crippen LogP contribution >= 0.6 is 0 Å². The number of nitrogens with one attached hydrogen (secondary N) is 1. The molecule has 1 aliphatic heterocycles. The van der Waals surface area contributed by atoms with Crippen molar-refractivity contribution in [3.8, 4) is 11.3 Å². The molecule has 6 nitrogen and oxygen atoms in total. The molecule has 0 unspecified atom stereocenters. The fraction of sp³-hybridized carbons (Fsp3) is 0.333. The summed E-state index contributed by atoms with van der Waals surface area (Å²) in [5.74, 6) is 0.758. The predicted octanol–water partition coefficient (Wildman–Crippen LogP) is 5.37. The van der Waals surface area contributed by atoms with Gasteiger partial charge in [0.1, 0.15) is 0 Å². The van der Waals surface area contributed by atoms with Gasteiger partial charge in [-0.3, -0.25) is 9.30 Å². The first-order valence-corrected chi connectivity index (χ1v) is 11.9. The minimum absolute atomic E-state index is 0.758. The van der Waals surface area contributed by atoms with E-state index in [2.05, 4.69) is 86.9 Å². The summed E-state index contributed by atoms with van der Waals surface area (Å²) in [4.78, 5) is 14.3. The Labute approximate surface area is 195 Å². The van der Waals surface area contributed by atoms with E-state index in [-0.39, 0.29) is 0 Å². The van der Waals surface area contributed by atoms with Crippen molar-refractivity contribution in [3.05, 3.63) is 72.7 Å². The van der Waals surface area contributed by atoms with E-state index in [0.717, 1.165) is 54.6 Å². The molecule has 3 heterocycles. The molecule has 1 N–H and O–H groups in total. The van der Waals surface area contributed by atoms with Gasteiger partial charge in [-0.15, -0.1) is 0 Å². The SMILES string of the molecule is CCCCN1CCN(c2ccc(Nc3ncc(-c4cccc(C)c4)n4ccnc34)cc2)CC1. The van der Waals surface area contributed by atoms with Crippen molar-refractivity contribution in [2.24, 2.45) is 0 Å². The quantitative estimate of drug-likeness (QED) is 0.419. The lowest BCUT2D eigenvalue weighted by atomic mass is 10.1. The second kappa shape index (κ2) is 9.63. The monoisotopic (exact) mass is 440 g/mol. The van der Waals surface area contributed by atoms with Crippen LogP contribution in [0.2, 0.25) is 0 Å². The van der Waals surface area contributed by atoms with Crippen LogP contribution in [-0.4, -0.2) is 52.0 Å². The molecule has 0 aliphatic carbocycles. The summed E-state index contributed by atoms with van der Waals surface area (Å²) in [6, 6.07) is 17.1. The lowest BCUT2D eigenvalue weighted by molar-refractivity contribution is 0.254. The smallest absolute Gasteiger partial charge is 0.180 e. The molecular weight excluding hydrogens is 408 g/mol. The van der Waals surface area contributed by atoms with E-state index in [4.69, 9.17) is 4.98 Å². The Morgan fingerprint density at radius 1 is 0.970 bits per heavy atom. The van der Waals surface area contributed by atoms with Gasteiger partial charge < -0.3 is 10.2 Å². The van der Waals surface area contributed by atoms with E-state index in [1.165, 1.54) is 30.6 Å². The Bertz CT molecular complexity index is 1210. The first-order valence-electron chi connectivity index (χ1n) is 11.9. The molecule has 4 aromatic rings. The van der Waals surface area contributed by atoms with Gasteiger partial charge in [-0.05, 0) is 50.2 Å². The van der Waals surface area contributed by atoms with Crippen LogP contribution in [0.1, 0.15) is 25.3 Å². The number of benzene rings is 2. The number of rotatable bonds is 7. The van der Waals surface area contributed by atoms with Crippen LogP contribution in [0, 0.1) is 6.92 Å². The highest BCUT2D eigenvalue weighted by molar-refractivity contribution is 5.74. The van der Waals surface area contributed by atoms with E-state index >= 15 is 0 Å². The second-order valence-electron chi connectivity index (χ2n) is 8.84. The maximum atomic E-state index is 4.72. The van der Waals surface area contributed by atoms with Crippen molar-refractivity contribution in [2.75, 3.05) is 42.9 Å². The number of unbranched alkanes of at least 4 members (excludes halogenated alkanes) is 1. The highest BCUT2D eigenvalue weighted by Crippen LogP contribution is 2.27. The number of fused-ring (bicyclic) bond motifs is 1. The third kappa shape index (κ3) is 4.71. The van der Waals surface area contributed by atoms with Gasteiger partial charge >= 0.3 is 0 Å². The molecule has 2 aromatic heterocycles. The number of aromatic nitrogens is 3. The van der Waals surface area contributed by atoms with Gasteiger partial charge in [-0.1, -0.05) is 37.1 Å². The molecular formula is C27H32N6. The minimum atomic E-state index is 0.758. The zero-order chi connectivity index (χ0) is 22.6. The van der Waals surface area contributed by atoms with Crippen LogP contribution in [0.5, 0.6) is 0 Å². The maximum Gasteiger partial charge on any atom is 0.180 e. The van der Waals surface area contributed by atoms with Crippen LogP contribution in [0.4, 0.5) is 17.2 Å². The number of hydrogen-bond acceptors (Lipinski definition) is 5. The first-order chi connectivity index (χ1) is 16.2. The summed E-state index contributed by atoms with van der Waals surface area (Å²) in [5, 5.41) is 3.46. The van der Waals surface area contributed by atoms with Crippen LogP contribution in [0.15, 0.2) is 67.1 Å². The average molecular weight is 441 g/mol. The predicted molar refractivity (Wildman–Crippen MR) is 136 cm³/mol. The molecule has 1 fully saturated rings. The molecule has 2 aromatic carbocycles. The van der Waals surface area contributed by atoms with Crippen molar-refractivity contribution in [1.82, 2.24) is 19.3 Å². The third-order valence-corrected chi connectivity index (χ3v) is 6.44. The van der Waals surface area contributed by atoms with Crippen molar-refractivity contribution in [2.45, 2.75) is 26.7 Å². The van der Waals surface area contributed by atoms with E-state index in [0.29, 0.717) is 0 Å². The van der Waals surface area contributed by atoms with Crippen molar-refractivity contribution in [1.29, 1.82) is 0 Å². The van der Waals surface area contributed by atoms with Gasteiger partial charge in [0.15, 0.2) is 11.5 Å². The number of hydrogen-bond donors (Lipinski definition) is 1. The van der Waals surface area contributed by atoms with Gasteiger partial charge in [-0.25, -0.2) is 9.97 Å². The van der Waals surface area contributed by atoms with Gasteiger partial charge in [-0.2, -0.15) is 0 Å². The fourth-order valence-electron chi connectivity index (χ4n) is 4.53. The van der Waals surface area contributed by atoms with Crippen molar-refractivity contribution in [3.63, 3.8) is 0 Å². The normalized spacial score (nSPS) is 14.7. The van der Waals surface area contributed by atoms with Crippen LogP contribution in [0.3, 0.4) is 0 Å². The molecule has 33 heavy (non-hydrogen) atoms. The molecule has 0 saturated carbocycles. The molecule has 1 aliphatic rings. The Balaban J connectivity index is 1.30. The average Bonchev–Trinajstić information content (AvgIpc) is 3.34. The van der Waals surface area contributed by atoms with Crippen LogP contribution in [-0.2, 0) is 0 Å². The molecule has 0 bridgehead atoms. The highest BCUT2D eigenvalue weighted by Gasteiger charge is 2.17. The summed E-state index contributed by atoms with van der Waals surface area (Å²) in [7, 11) is 0. The van der Waals surface area contributed by atoms with Gasteiger partial charge in [0.25, 0.3) is 0 Å².